The Morgan fingerprint density at radius 2 is 1.76 bits per heavy atom. The van der Waals surface area contributed by atoms with Gasteiger partial charge in [-0.2, -0.15) is 0 Å². The van der Waals surface area contributed by atoms with Crippen LogP contribution in [-0.2, 0) is 27.4 Å². The van der Waals surface area contributed by atoms with Crippen LogP contribution < -0.4 is 5.32 Å². The van der Waals surface area contributed by atoms with E-state index in [2.05, 4.69) is 12.2 Å². The number of nitrogens with one attached hydrogen (secondary N) is 1. The van der Waals surface area contributed by atoms with Crippen LogP contribution in [0.1, 0.15) is 44.2 Å². The summed E-state index contributed by atoms with van der Waals surface area (Å²) in [5.74, 6) is 0.0741. The first-order valence-electron chi connectivity index (χ1n) is 7.76. The Morgan fingerprint density at radius 1 is 1.05 bits per heavy atom. The van der Waals surface area contributed by atoms with Gasteiger partial charge in [0, 0.05) is 32.8 Å². The molecule has 0 aliphatic rings. The Labute approximate surface area is 127 Å². The molecule has 118 valence electrons. The molecule has 1 N–H and O–H groups in total. The Hall–Kier alpha value is -1.39. The summed E-state index contributed by atoms with van der Waals surface area (Å²) in [6, 6.07) is 8.16. The van der Waals surface area contributed by atoms with Crippen LogP contribution in [0, 0.1) is 0 Å². The van der Waals surface area contributed by atoms with Gasteiger partial charge in [-0.05, 0) is 30.9 Å². The lowest BCUT2D eigenvalue weighted by Gasteiger charge is -2.07. The van der Waals surface area contributed by atoms with Gasteiger partial charge in [-0.15, -0.1) is 0 Å². The third-order valence-electron chi connectivity index (χ3n) is 3.03. The van der Waals surface area contributed by atoms with Gasteiger partial charge in [0.25, 0.3) is 0 Å². The molecular formula is C17H27NO3. The third kappa shape index (κ3) is 8.48. The molecule has 1 rings (SSSR count). The number of hydrogen-bond donors (Lipinski definition) is 1. The molecule has 4 nitrogen and oxygen atoms in total. The fourth-order valence-electron chi connectivity index (χ4n) is 1.86. The number of ether oxygens (including phenoxy) is 2. The summed E-state index contributed by atoms with van der Waals surface area (Å²) in [7, 11) is 0. The molecular weight excluding hydrogens is 266 g/mol. The van der Waals surface area contributed by atoms with Gasteiger partial charge in [-0.1, -0.05) is 31.2 Å². The van der Waals surface area contributed by atoms with E-state index in [4.69, 9.17) is 9.47 Å². The Bertz CT molecular complexity index is 390. The van der Waals surface area contributed by atoms with Crippen LogP contribution in [0.15, 0.2) is 24.3 Å². The molecule has 0 unspecified atom stereocenters. The SMILES string of the molecule is CCCOCc1ccc(CNC(=O)CCCOCC)cc1. The quantitative estimate of drug-likeness (QED) is 0.638. The van der Waals surface area contributed by atoms with Crippen LogP contribution in [0.2, 0.25) is 0 Å². The van der Waals surface area contributed by atoms with Crippen molar-refractivity contribution in [2.24, 2.45) is 0 Å². The molecule has 0 saturated heterocycles. The van der Waals surface area contributed by atoms with E-state index in [1.165, 1.54) is 0 Å². The molecule has 0 aromatic heterocycles. The Morgan fingerprint density at radius 3 is 2.43 bits per heavy atom. The molecule has 4 heteroatoms. The van der Waals surface area contributed by atoms with Gasteiger partial charge in [0.2, 0.25) is 5.91 Å². The molecule has 0 aliphatic carbocycles. The monoisotopic (exact) mass is 293 g/mol. The largest absolute Gasteiger partial charge is 0.382 e. The van der Waals surface area contributed by atoms with Crippen molar-refractivity contribution < 1.29 is 14.3 Å². The highest BCUT2D eigenvalue weighted by Crippen LogP contribution is 2.06. The van der Waals surface area contributed by atoms with E-state index in [-0.39, 0.29) is 5.91 Å². The normalized spacial score (nSPS) is 10.6. The summed E-state index contributed by atoms with van der Waals surface area (Å²) < 4.78 is 10.7. The van der Waals surface area contributed by atoms with E-state index in [0.29, 0.717) is 32.8 Å². The zero-order chi connectivity index (χ0) is 15.3. The fraction of sp³-hybridized carbons (Fsp3) is 0.588. The summed E-state index contributed by atoms with van der Waals surface area (Å²) >= 11 is 0. The van der Waals surface area contributed by atoms with Crippen molar-refractivity contribution in [1.29, 1.82) is 0 Å². The van der Waals surface area contributed by atoms with Crippen molar-refractivity contribution in [3.05, 3.63) is 35.4 Å². The molecule has 0 heterocycles. The van der Waals surface area contributed by atoms with E-state index in [0.717, 1.165) is 30.6 Å². The maximum absolute atomic E-state index is 11.6. The maximum atomic E-state index is 11.6. The lowest BCUT2D eigenvalue weighted by atomic mass is 10.1. The van der Waals surface area contributed by atoms with Gasteiger partial charge in [0.15, 0.2) is 0 Å². The summed E-state index contributed by atoms with van der Waals surface area (Å²) in [6.07, 6.45) is 2.32. The fourth-order valence-corrected chi connectivity index (χ4v) is 1.86. The van der Waals surface area contributed by atoms with E-state index in [1.54, 1.807) is 0 Å². The first kappa shape index (κ1) is 17.7. The van der Waals surface area contributed by atoms with Gasteiger partial charge >= 0.3 is 0 Å². The Balaban J connectivity index is 2.21. The number of hydrogen-bond acceptors (Lipinski definition) is 3. The molecule has 0 spiro atoms. The lowest BCUT2D eigenvalue weighted by molar-refractivity contribution is -0.121. The molecule has 1 amide bonds. The van der Waals surface area contributed by atoms with E-state index >= 15 is 0 Å². The smallest absolute Gasteiger partial charge is 0.220 e. The highest BCUT2D eigenvalue weighted by molar-refractivity contribution is 5.75. The van der Waals surface area contributed by atoms with Gasteiger partial charge < -0.3 is 14.8 Å². The number of benzene rings is 1. The third-order valence-corrected chi connectivity index (χ3v) is 3.03. The average molecular weight is 293 g/mol. The zero-order valence-electron chi connectivity index (χ0n) is 13.2. The van der Waals surface area contributed by atoms with Crippen LogP contribution in [0.4, 0.5) is 0 Å². The second-order valence-electron chi connectivity index (χ2n) is 4.95. The Kier molecular flexibility index (Phi) is 9.49. The van der Waals surface area contributed by atoms with Crippen molar-refractivity contribution in [3.8, 4) is 0 Å². The molecule has 0 atom stereocenters. The minimum atomic E-state index is 0.0741. The van der Waals surface area contributed by atoms with Crippen LogP contribution in [0.25, 0.3) is 0 Å². The first-order chi connectivity index (χ1) is 10.3. The summed E-state index contributed by atoms with van der Waals surface area (Å²) in [5, 5.41) is 2.92. The first-order valence-corrected chi connectivity index (χ1v) is 7.76. The number of carbonyl (C=O) groups is 1. The van der Waals surface area contributed by atoms with E-state index in [9.17, 15) is 4.79 Å². The van der Waals surface area contributed by atoms with Crippen LogP contribution >= 0.6 is 0 Å². The molecule has 0 aliphatic heterocycles. The standard InChI is InChI=1S/C17H27NO3/c1-3-11-21-14-16-9-7-15(8-10-16)13-18-17(19)6-5-12-20-4-2/h7-10H,3-6,11-14H2,1-2H3,(H,18,19). The minimum absolute atomic E-state index is 0.0741. The average Bonchev–Trinajstić information content (AvgIpc) is 2.51. The van der Waals surface area contributed by atoms with Crippen LogP contribution in [-0.4, -0.2) is 25.7 Å². The molecule has 0 bridgehead atoms. The van der Waals surface area contributed by atoms with Crippen molar-refractivity contribution in [3.63, 3.8) is 0 Å². The molecule has 0 fully saturated rings. The van der Waals surface area contributed by atoms with Gasteiger partial charge in [0.1, 0.15) is 0 Å². The van der Waals surface area contributed by atoms with Gasteiger partial charge in [-0.3, -0.25) is 4.79 Å². The number of rotatable bonds is 11. The van der Waals surface area contributed by atoms with Crippen LogP contribution in [0.3, 0.4) is 0 Å². The second-order valence-corrected chi connectivity index (χ2v) is 4.95. The molecule has 0 saturated carbocycles. The highest BCUT2D eigenvalue weighted by atomic mass is 16.5. The predicted octanol–water partition coefficient (Wildman–Crippen LogP) is 3.05. The van der Waals surface area contributed by atoms with Crippen molar-refractivity contribution in [2.45, 2.75) is 46.3 Å². The van der Waals surface area contributed by atoms with Crippen molar-refractivity contribution in [1.82, 2.24) is 5.32 Å². The van der Waals surface area contributed by atoms with E-state index in [1.807, 2.05) is 31.2 Å². The van der Waals surface area contributed by atoms with E-state index < -0.39 is 0 Å². The van der Waals surface area contributed by atoms with Crippen molar-refractivity contribution >= 4 is 5.91 Å². The topological polar surface area (TPSA) is 47.6 Å². The minimum Gasteiger partial charge on any atom is -0.382 e. The molecule has 1 aromatic rings. The van der Waals surface area contributed by atoms with Gasteiger partial charge in [-0.25, -0.2) is 0 Å². The second kappa shape index (κ2) is 11.3. The molecule has 21 heavy (non-hydrogen) atoms. The lowest BCUT2D eigenvalue weighted by Crippen LogP contribution is -2.22. The maximum Gasteiger partial charge on any atom is 0.220 e. The number of carbonyl (C=O) groups excluding carboxylic acids is 1. The molecule has 0 radical (unpaired) electrons. The summed E-state index contributed by atoms with van der Waals surface area (Å²) in [4.78, 5) is 11.6. The van der Waals surface area contributed by atoms with Crippen LogP contribution in [0.5, 0.6) is 0 Å². The van der Waals surface area contributed by atoms with Gasteiger partial charge in [0.05, 0.1) is 6.61 Å². The predicted molar refractivity (Wildman–Crippen MR) is 84.0 cm³/mol. The molecule has 1 aromatic carbocycles. The zero-order valence-corrected chi connectivity index (χ0v) is 13.2. The number of amides is 1. The summed E-state index contributed by atoms with van der Waals surface area (Å²) in [6.45, 7) is 7.42. The van der Waals surface area contributed by atoms with Crippen molar-refractivity contribution in [2.75, 3.05) is 19.8 Å². The highest BCUT2D eigenvalue weighted by Gasteiger charge is 2.01. The summed E-state index contributed by atoms with van der Waals surface area (Å²) in [5.41, 5.74) is 2.27.